The zero-order valence-electron chi connectivity index (χ0n) is 7.45. The van der Waals surface area contributed by atoms with Crippen molar-refractivity contribution >= 4 is 31.9 Å². The average molecular weight is 318 g/mol. The van der Waals surface area contributed by atoms with Gasteiger partial charge in [0.05, 0.1) is 6.33 Å². The second-order valence-corrected chi connectivity index (χ2v) is 4.00. The van der Waals surface area contributed by atoms with Crippen LogP contribution in [0.2, 0.25) is 0 Å². The first-order chi connectivity index (χ1) is 6.83. The monoisotopic (exact) mass is 316 g/mol. The van der Waals surface area contributed by atoms with E-state index >= 15 is 0 Å². The molecule has 2 nitrogen and oxygen atoms in total. The van der Waals surface area contributed by atoms with Crippen molar-refractivity contribution in [3.63, 3.8) is 0 Å². The maximum atomic E-state index is 3.67. The van der Waals surface area contributed by atoms with Crippen molar-refractivity contribution in [2.24, 2.45) is 0 Å². The number of rotatable bonds is 1. The molecule has 0 bridgehead atoms. The van der Waals surface area contributed by atoms with Crippen molar-refractivity contribution in [1.82, 2.24) is 9.97 Å². The average Bonchev–Trinajstić information content (AvgIpc) is 2.77. The standard InChI is InChI=1S/C7H6Br2.C3H4N2/c8-5-6-1-3-7(9)4-2-6;1-2-5-3-4-1/h1-4H,5H2;1-3H,(H,4,5). The van der Waals surface area contributed by atoms with Gasteiger partial charge in [0.2, 0.25) is 0 Å². The third-order valence-corrected chi connectivity index (χ3v) is 2.65. The SMILES string of the molecule is BrCc1ccc(Br)cc1.c1c[nH]cn1. The Morgan fingerprint density at radius 3 is 2.29 bits per heavy atom. The number of alkyl halides is 1. The predicted octanol–water partition coefficient (Wildman–Crippen LogP) is 3.75. The molecule has 0 unspecified atom stereocenters. The molecule has 1 aromatic heterocycles. The molecule has 0 saturated heterocycles. The minimum Gasteiger partial charge on any atom is -0.351 e. The van der Waals surface area contributed by atoms with E-state index in [1.165, 1.54) is 5.56 Å². The third-order valence-electron chi connectivity index (χ3n) is 1.47. The van der Waals surface area contributed by atoms with Gasteiger partial charge in [0.1, 0.15) is 0 Å². The molecule has 0 saturated carbocycles. The fourth-order valence-corrected chi connectivity index (χ4v) is 1.43. The largest absolute Gasteiger partial charge is 0.351 e. The van der Waals surface area contributed by atoms with Crippen LogP contribution in [0.25, 0.3) is 0 Å². The zero-order chi connectivity index (χ0) is 10.2. The summed E-state index contributed by atoms with van der Waals surface area (Å²) in [5.74, 6) is 0. The molecule has 1 heterocycles. The molecule has 0 radical (unpaired) electrons. The number of imidazole rings is 1. The number of H-pyrrole nitrogens is 1. The lowest BCUT2D eigenvalue weighted by Crippen LogP contribution is -1.73. The van der Waals surface area contributed by atoms with Crippen molar-refractivity contribution in [3.8, 4) is 0 Å². The molecule has 74 valence electrons. The van der Waals surface area contributed by atoms with Crippen LogP contribution in [0.1, 0.15) is 5.56 Å². The van der Waals surface area contributed by atoms with Gasteiger partial charge in [-0.15, -0.1) is 0 Å². The summed E-state index contributed by atoms with van der Waals surface area (Å²) in [6.45, 7) is 0. The van der Waals surface area contributed by atoms with Crippen molar-refractivity contribution in [2.75, 3.05) is 0 Å². The van der Waals surface area contributed by atoms with Crippen molar-refractivity contribution < 1.29 is 0 Å². The fraction of sp³-hybridized carbons (Fsp3) is 0.100. The quantitative estimate of drug-likeness (QED) is 0.797. The highest BCUT2D eigenvalue weighted by molar-refractivity contribution is 9.10. The zero-order valence-corrected chi connectivity index (χ0v) is 10.6. The van der Waals surface area contributed by atoms with Crippen LogP contribution in [0.5, 0.6) is 0 Å². The Bertz CT molecular complexity index is 312. The summed E-state index contributed by atoms with van der Waals surface area (Å²) in [7, 11) is 0. The van der Waals surface area contributed by atoms with E-state index in [0.29, 0.717) is 0 Å². The summed E-state index contributed by atoms with van der Waals surface area (Å²) < 4.78 is 1.13. The molecule has 1 aromatic carbocycles. The molecule has 0 fully saturated rings. The number of halogens is 2. The lowest BCUT2D eigenvalue weighted by molar-refractivity contribution is 1.31. The second kappa shape index (κ2) is 6.79. The molecule has 14 heavy (non-hydrogen) atoms. The number of aromatic nitrogens is 2. The lowest BCUT2D eigenvalue weighted by Gasteiger charge is -1.92. The van der Waals surface area contributed by atoms with E-state index in [4.69, 9.17) is 0 Å². The van der Waals surface area contributed by atoms with Crippen LogP contribution in [-0.2, 0) is 5.33 Å². The molecule has 0 aliphatic rings. The van der Waals surface area contributed by atoms with Gasteiger partial charge in [-0.2, -0.15) is 0 Å². The summed E-state index contributed by atoms with van der Waals surface area (Å²) in [5, 5.41) is 0.931. The summed E-state index contributed by atoms with van der Waals surface area (Å²) in [6.07, 6.45) is 5.08. The number of nitrogens with one attached hydrogen (secondary N) is 1. The summed E-state index contributed by atoms with van der Waals surface area (Å²) >= 11 is 6.73. The molecular formula is C10H10Br2N2. The number of hydrogen-bond acceptors (Lipinski definition) is 1. The molecule has 2 rings (SSSR count). The summed E-state index contributed by atoms with van der Waals surface area (Å²) in [4.78, 5) is 6.42. The van der Waals surface area contributed by atoms with Gasteiger partial charge in [-0.3, -0.25) is 0 Å². The van der Waals surface area contributed by atoms with Gasteiger partial charge in [-0.05, 0) is 17.7 Å². The van der Waals surface area contributed by atoms with Crippen LogP contribution in [0, 0.1) is 0 Å². The Morgan fingerprint density at radius 1 is 1.21 bits per heavy atom. The molecular weight excluding hydrogens is 308 g/mol. The Morgan fingerprint density at radius 2 is 1.93 bits per heavy atom. The van der Waals surface area contributed by atoms with Gasteiger partial charge in [-0.25, -0.2) is 4.98 Å². The Labute approximate surface area is 100 Å². The van der Waals surface area contributed by atoms with Crippen molar-refractivity contribution in [1.29, 1.82) is 0 Å². The number of hydrogen-bond donors (Lipinski definition) is 1. The molecule has 4 heteroatoms. The third kappa shape index (κ3) is 4.58. The van der Waals surface area contributed by atoms with Crippen LogP contribution >= 0.6 is 31.9 Å². The normalized spacial score (nSPS) is 9.00. The van der Waals surface area contributed by atoms with Gasteiger partial charge >= 0.3 is 0 Å². The smallest absolute Gasteiger partial charge is 0.0919 e. The molecule has 0 spiro atoms. The first-order valence-electron chi connectivity index (χ1n) is 4.06. The van der Waals surface area contributed by atoms with E-state index < -0.39 is 0 Å². The molecule has 0 amide bonds. The highest BCUT2D eigenvalue weighted by Gasteiger charge is 1.86. The van der Waals surface area contributed by atoms with Gasteiger partial charge in [0, 0.05) is 22.2 Å². The maximum Gasteiger partial charge on any atom is 0.0919 e. The van der Waals surface area contributed by atoms with Crippen LogP contribution in [0.15, 0.2) is 47.5 Å². The van der Waals surface area contributed by atoms with Crippen LogP contribution < -0.4 is 0 Å². The fourth-order valence-electron chi connectivity index (χ4n) is 0.789. The first kappa shape index (κ1) is 11.5. The van der Waals surface area contributed by atoms with Gasteiger partial charge in [-0.1, -0.05) is 44.0 Å². The van der Waals surface area contributed by atoms with E-state index in [1.807, 2.05) is 12.1 Å². The molecule has 0 aliphatic heterocycles. The van der Waals surface area contributed by atoms with Gasteiger partial charge < -0.3 is 4.98 Å². The Kier molecular flexibility index (Phi) is 5.56. The maximum absolute atomic E-state index is 3.67. The van der Waals surface area contributed by atoms with Crippen LogP contribution in [0.4, 0.5) is 0 Å². The van der Waals surface area contributed by atoms with Crippen LogP contribution in [0.3, 0.4) is 0 Å². The summed E-state index contributed by atoms with van der Waals surface area (Å²) in [6, 6.07) is 8.24. The minimum atomic E-state index is 0.931. The molecule has 0 aliphatic carbocycles. The highest BCUT2D eigenvalue weighted by Crippen LogP contribution is 2.11. The van der Waals surface area contributed by atoms with E-state index in [2.05, 4.69) is 54.0 Å². The number of nitrogens with zero attached hydrogens (tertiary/aromatic N) is 1. The highest BCUT2D eigenvalue weighted by atomic mass is 79.9. The van der Waals surface area contributed by atoms with Crippen LogP contribution in [-0.4, -0.2) is 9.97 Å². The Hall–Kier alpha value is -0.610. The predicted molar refractivity (Wildman–Crippen MR) is 65.4 cm³/mol. The first-order valence-corrected chi connectivity index (χ1v) is 5.97. The second-order valence-electron chi connectivity index (χ2n) is 2.52. The van der Waals surface area contributed by atoms with Crippen molar-refractivity contribution in [3.05, 3.63) is 53.0 Å². The van der Waals surface area contributed by atoms with E-state index in [-0.39, 0.29) is 0 Å². The number of benzene rings is 1. The summed E-state index contributed by atoms with van der Waals surface area (Å²) in [5.41, 5.74) is 1.30. The van der Waals surface area contributed by atoms with E-state index in [9.17, 15) is 0 Å². The Balaban J connectivity index is 0.000000165. The van der Waals surface area contributed by atoms with Gasteiger partial charge in [0.25, 0.3) is 0 Å². The van der Waals surface area contributed by atoms with Crippen molar-refractivity contribution in [2.45, 2.75) is 5.33 Å². The molecule has 2 aromatic rings. The van der Waals surface area contributed by atoms with Gasteiger partial charge in [0.15, 0.2) is 0 Å². The topological polar surface area (TPSA) is 28.7 Å². The number of aromatic amines is 1. The lowest BCUT2D eigenvalue weighted by atomic mass is 10.2. The minimum absolute atomic E-state index is 0.931. The van der Waals surface area contributed by atoms with E-state index in [0.717, 1.165) is 9.80 Å². The molecule has 1 N–H and O–H groups in total. The molecule has 0 atom stereocenters. The van der Waals surface area contributed by atoms with E-state index in [1.54, 1.807) is 18.7 Å².